The first-order valence-corrected chi connectivity index (χ1v) is 4.34. The predicted molar refractivity (Wildman–Crippen MR) is 41.1 cm³/mol. The molecular formula is C7H8O2S. The topological polar surface area (TPSA) is 26.3 Å². The van der Waals surface area contributed by atoms with E-state index in [1.807, 2.05) is 18.2 Å². The number of rotatable bonds is 2. The highest BCUT2D eigenvalue weighted by atomic mass is 32.2. The van der Waals surface area contributed by atoms with Gasteiger partial charge in [0.25, 0.3) is 0 Å². The van der Waals surface area contributed by atoms with Crippen LogP contribution in [-0.4, -0.2) is 10.5 Å². The average Bonchev–Trinajstić information content (AvgIpc) is 1.88. The van der Waals surface area contributed by atoms with Gasteiger partial charge < -0.3 is 4.18 Å². The molecule has 0 N–H and O–H groups in total. The number of hydrogen-bond donors (Lipinski definition) is 0. The van der Waals surface area contributed by atoms with Crippen molar-refractivity contribution in [2.24, 2.45) is 0 Å². The smallest absolute Gasteiger partial charge is 0.203 e. The minimum Gasteiger partial charge on any atom is -0.401 e. The maximum absolute atomic E-state index is 10.5. The van der Waals surface area contributed by atoms with Gasteiger partial charge in [-0.25, -0.2) is 4.21 Å². The van der Waals surface area contributed by atoms with Crippen molar-refractivity contribution in [3.63, 3.8) is 0 Å². The molecule has 1 atom stereocenters. The Bertz CT molecular complexity index is 220. The van der Waals surface area contributed by atoms with Gasteiger partial charge in [-0.05, 0) is 12.1 Å². The zero-order valence-corrected chi connectivity index (χ0v) is 6.43. The van der Waals surface area contributed by atoms with Crippen molar-refractivity contribution in [2.75, 3.05) is 6.26 Å². The fourth-order valence-corrected chi connectivity index (χ4v) is 0.994. The molecule has 1 aromatic carbocycles. The first-order chi connectivity index (χ1) is 4.79. The lowest BCUT2D eigenvalue weighted by atomic mass is 10.3. The van der Waals surface area contributed by atoms with Crippen molar-refractivity contribution in [3.8, 4) is 5.75 Å². The summed E-state index contributed by atoms with van der Waals surface area (Å²) in [4.78, 5) is 0. The molecular weight excluding hydrogens is 148 g/mol. The standard InChI is InChI=1S/C7H8O2S/c1-10(8)9-7-5-3-2-4-6-7/h2-6H,1H3. The van der Waals surface area contributed by atoms with Crippen LogP contribution in [0.25, 0.3) is 0 Å². The maximum Gasteiger partial charge on any atom is 0.203 e. The Labute approximate surface area is 62.5 Å². The Morgan fingerprint density at radius 3 is 2.40 bits per heavy atom. The van der Waals surface area contributed by atoms with E-state index in [2.05, 4.69) is 0 Å². The molecule has 0 aliphatic carbocycles. The Balaban J connectivity index is 2.67. The second kappa shape index (κ2) is 3.37. The van der Waals surface area contributed by atoms with Crippen LogP contribution in [0.15, 0.2) is 30.3 Å². The van der Waals surface area contributed by atoms with Gasteiger partial charge in [0.2, 0.25) is 11.1 Å². The summed E-state index contributed by atoms with van der Waals surface area (Å²) in [5, 5.41) is 0. The van der Waals surface area contributed by atoms with E-state index < -0.39 is 11.1 Å². The highest BCUT2D eigenvalue weighted by Crippen LogP contribution is 2.08. The molecule has 0 spiro atoms. The molecule has 0 bridgehead atoms. The first kappa shape index (κ1) is 7.28. The second-order valence-corrected chi connectivity index (χ2v) is 2.77. The second-order valence-electron chi connectivity index (χ2n) is 1.80. The van der Waals surface area contributed by atoms with Gasteiger partial charge in [0.1, 0.15) is 5.75 Å². The number of para-hydroxylation sites is 1. The maximum atomic E-state index is 10.5. The van der Waals surface area contributed by atoms with Crippen molar-refractivity contribution in [3.05, 3.63) is 30.3 Å². The average molecular weight is 156 g/mol. The molecule has 0 saturated carbocycles. The van der Waals surface area contributed by atoms with Gasteiger partial charge in [-0.3, -0.25) is 0 Å². The normalized spacial score (nSPS) is 12.5. The lowest BCUT2D eigenvalue weighted by Gasteiger charge is -1.97. The summed E-state index contributed by atoms with van der Waals surface area (Å²) in [5.74, 6) is 0.642. The molecule has 0 aliphatic rings. The molecule has 2 nitrogen and oxygen atoms in total. The number of hydrogen-bond acceptors (Lipinski definition) is 2. The molecule has 10 heavy (non-hydrogen) atoms. The third-order valence-electron chi connectivity index (χ3n) is 0.957. The summed E-state index contributed by atoms with van der Waals surface area (Å²) < 4.78 is 15.4. The highest BCUT2D eigenvalue weighted by molar-refractivity contribution is 7.79. The van der Waals surface area contributed by atoms with E-state index in [0.717, 1.165) is 0 Å². The Morgan fingerprint density at radius 1 is 1.30 bits per heavy atom. The van der Waals surface area contributed by atoms with Gasteiger partial charge in [0.15, 0.2) is 0 Å². The molecule has 0 aliphatic heterocycles. The molecule has 0 saturated heterocycles. The van der Waals surface area contributed by atoms with Crippen molar-refractivity contribution < 1.29 is 8.39 Å². The zero-order valence-electron chi connectivity index (χ0n) is 5.61. The quantitative estimate of drug-likeness (QED) is 0.646. The first-order valence-electron chi connectivity index (χ1n) is 2.86. The minimum atomic E-state index is -1.22. The van der Waals surface area contributed by atoms with E-state index in [1.165, 1.54) is 6.26 Å². The van der Waals surface area contributed by atoms with Crippen molar-refractivity contribution in [1.82, 2.24) is 0 Å². The molecule has 0 aromatic heterocycles. The van der Waals surface area contributed by atoms with E-state index in [4.69, 9.17) is 4.18 Å². The van der Waals surface area contributed by atoms with E-state index >= 15 is 0 Å². The van der Waals surface area contributed by atoms with Crippen LogP contribution >= 0.6 is 0 Å². The van der Waals surface area contributed by atoms with E-state index in [9.17, 15) is 4.21 Å². The van der Waals surface area contributed by atoms with Crippen LogP contribution in [0.4, 0.5) is 0 Å². The van der Waals surface area contributed by atoms with Gasteiger partial charge in [0.05, 0.1) is 0 Å². The molecule has 0 heterocycles. The fraction of sp³-hybridized carbons (Fsp3) is 0.143. The summed E-state index contributed by atoms with van der Waals surface area (Å²) in [5.41, 5.74) is 0. The summed E-state index contributed by atoms with van der Waals surface area (Å²) >= 11 is -1.22. The SMILES string of the molecule is CS(=O)Oc1ccccc1. The van der Waals surface area contributed by atoms with Crippen LogP contribution in [0, 0.1) is 0 Å². The van der Waals surface area contributed by atoms with Crippen LogP contribution in [0.1, 0.15) is 0 Å². The van der Waals surface area contributed by atoms with E-state index in [0.29, 0.717) is 5.75 Å². The summed E-state index contributed by atoms with van der Waals surface area (Å²) in [7, 11) is 0. The largest absolute Gasteiger partial charge is 0.401 e. The summed E-state index contributed by atoms with van der Waals surface area (Å²) in [6, 6.07) is 9.08. The Hall–Kier alpha value is -0.830. The molecule has 1 rings (SSSR count). The van der Waals surface area contributed by atoms with Gasteiger partial charge >= 0.3 is 0 Å². The van der Waals surface area contributed by atoms with Crippen molar-refractivity contribution in [1.29, 1.82) is 0 Å². The Morgan fingerprint density at radius 2 is 1.90 bits per heavy atom. The van der Waals surface area contributed by atoms with Crippen molar-refractivity contribution in [2.45, 2.75) is 0 Å². The van der Waals surface area contributed by atoms with Gasteiger partial charge in [-0.1, -0.05) is 18.2 Å². The van der Waals surface area contributed by atoms with Crippen LogP contribution in [0.2, 0.25) is 0 Å². The molecule has 0 fully saturated rings. The Kier molecular flexibility index (Phi) is 2.45. The molecule has 0 amide bonds. The van der Waals surface area contributed by atoms with Gasteiger partial charge in [-0.2, -0.15) is 0 Å². The fourth-order valence-electron chi connectivity index (χ4n) is 0.612. The lowest BCUT2D eigenvalue weighted by molar-refractivity contribution is 0.568. The molecule has 0 radical (unpaired) electrons. The van der Waals surface area contributed by atoms with Crippen molar-refractivity contribution >= 4 is 11.1 Å². The van der Waals surface area contributed by atoms with Crippen LogP contribution in [-0.2, 0) is 11.1 Å². The van der Waals surface area contributed by atoms with E-state index in [-0.39, 0.29) is 0 Å². The van der Waals surface area contributed by atoms with Gasteiger partial charge in [0, 0.05) is 6.26 Å². The summed E-state index contributed by atoms with van der Waals surface area (Å²) in [6.07, 6.45) is 1.49. The van der Waals surface area contributed by atoms with Crippen LogP contribution in [0.5, 0.6) is 5.75 Å². The van der Waals surface area contributed by atoms with Crippen LogP contribution < -0.4 is 4.18 Å². The monoisotopic (exact) mass is 156 g/mol. The predicted octanol–water partition coefficient (Wildman–Crippen LogP) is 1.36. The van der Waals surface area contributed by atoms with Crippen LogP contribution in [0.3, 0.4) is 0 Å². The zero-order chi connectivity index (χ0) is 7.40. The third-order valence-corrected chi connectivity index (χ3v) is 1.38. The molecule has 1 unspecified atom stereocenters. The third kappa shape index (κ3) is 2.19. The number of benzene rings is 1. The molecule has 3 heteroatoms. The molecule has 1 aromatic rings. The minimum absolute atomic E-state index is 0.642. The van der Waals surface area contributed by atoms with E-state index in [1.54, 1.807) is 12.1 Å². The highest BCUT2D eigenvalue weighted by Gasteiger charge is 1.91. The summed E-state index contributed by atoms with van der Waals surface area (Å²) in [6.45, 7) is 0. The van der Waals surface area contributed by atoms with Gasteiger partial charge in [-0.15, -0.1) is 0 Å². The molecule has 54 valence electrons. The lowest BCUT2D eigenvalue weighted by Crippen LogP contribution is -1.95.